The minimum atomic E-state index is -0.590. The van der Waals surface area contributed by atoms with Crippen LogP contribution in [0.3, 0.4) is 0 Å². The summed E-state index contributed by atoms with van der Waals surface area (Å²) in [5.74, 6) is 0.149. The fourth-order valence-corrected chi connectivity index (χ4v) is 2.85. The number of nitrogens with zero attached hydrogens (tertiary/aromatic N) is 1. The monoisotopic (exact) mass is 398 g/mol. The van der Waals surface area contributed by atoms with Crippen LogP contribution in [0.5, 0.6) is 11.5 Å². The Morgan fingerprint density at radius 1 is 1.17 bits per heavy atom. The van der Waals surface area contributed by atoms with Gasteiger partial charge >= 0.3 is 6.03 Å². The number of benzene rings is 2. The topological polar surface area (TPSA) is 67.9 Å². The SMILES string of the molecule is CCC(C)Oc1ccc(C=C2NC(=O)N(Cc3ccccc3F)C2=O)cc1OC. The molecule has 3 rings (SSSR count). The van der Waals surface area contributed by atoms with E-state index in [0.29, 0.717) is 17.1 Å². The first-order valence-corrected chi connectivity index (χ1v) is 9.35. The van der Waals surface area contributed by atoms with Crippen molar-refractivity contribution >= 4 is 18.0 Å². The molecule has 2 aromatic carbocycles. The molecule has 0 spiro atoms. The third kappa shape index (κ3) is 4.56. The second kappa shape index (κ2) is 8.77. The summed E-state index contributed by atoms with van der Waals surface area (Å²) in [6, 6.07) is 10.7. The molecule has 0 saturated carbocycles. The molecule has 152 valence electrons. The molecule has 1 fully saturated rings. The number of imide groups is 1. The molecule has 1 unspecified atom stereocenters. The molecule has 0 aromatic heterocycles. The van der Waals surface area contributed by atoms with Gasteiger partial charge in [0.2, 0.25) is 0 Å². The Hall–Kier alpha value is -3.35. The first-order chi connectivity index (χ1) is 13.9. The van der Waals surface area contributed by atoms with Crippen molar-refractivity contribution in [2.75, 3.05) is 7.11 Å². The summed E-state index contributed by atoms with van der Waals surface area (Å²) in [4.78, 5) is 25.8. The third-order valence-corrected chi connectivity index (χ3v) is 4.65. The number of amides is 3. The van der Waals surface area contributed by atoms with Gasteiger partial charge in [-0.3, -0.25) is 9.69 Å². The number of carbonyl (C=O) groups excluding carboxylic acids is 2. The van der Waals surface area contributed by atoms with Gasteiger partial charge in [0.05, 0.1) is 19.8 Å². The second-order valence-corrected chi connectivity index (χ2v) is 6.72. The number of ether oxygens (including phenoxy) is 2. The first kappa shape index (κ1) is 20.4. The van der Waals surface area contributed by atoms with Crippen LogP contribution in [0.15, 0.2) is 48.2 Å². The van der Waals surface area contributed by atoms with Crippen molar-refractivity contribution in [2.45, 2.75) is 32.9 Å². The minimum Gasteiger partial charge on any atom is -0.493 e. The van der Waals surface area contributed by atoms with Gasteiger partial charge < -0.3 is 14.8 Å². The lowest BCUT2D eigenvalue weighted by molar-refractivity contribution is -0.123. The van der Waals surface area contributed by atoms with E-state index in [1.807, 2.05) is 13.8 Å². The predicted molar refractivity (Wildman–Crippen MR) is 107 cm³/mol. The van der Waals surface area contributed by atoms with Gasteiger partial charge in [0.1, 0.15) is 11.5 Å². The molecule has 7 heteroatoms. The molecule has 0 aliphatic carbocycles. The summed E-state index contributed by atoms with van der Waals surface area (Å²) in [5.41, 5.74) is 1.05. The van der Waals surface area contributed by atoms with E-state index in [9.17, 15) is 14.0 Å². The Morgan fingerprint density at radius 2 is 1.93 bits per heavy atom. The van der Waals surface area contributed by atoms with Crippen LogP contribution >= 0.6 is 0 Å². The molecular weight excluding hydrogens is 375 g/mol. The number of methoxy groups -OCH3 is 1. The fraction of sp³-hybridized carbons (Fsp3) is 0.273. The summed E-state index contributed by atoms with van der Waals surface area (Å²) in [5, 5.41) is 2.54. The molecule has 29 heavy (non-hydrogen) atoms. The molecule has 3 amide bonds. The summed E-state index contributed by atoms with van der Waals surface area (Å²) in [6.45, 7) is 3.85. The number of hydrogen-bond acceptors (Lipinski definition) is 4. The lowest BCUT2D eigenvalue weighted by Crippen LogP contribution is -2.30. The molecule has 1 aliphatic rings. The van der Waals surface area contributed by atoms with E-state index >= 15 is 0 Å². The zero-order valence-electron chi connectivity index (χ0n) is 16.6. The highest BCUT2D eigenvalue weighted by atomic mass is 19.1. The molecule has 0 bridgehead atoms. The lowest BCUT2D eigenvalue weighted by atomic mass is 10.1. The minimum absolute atomic E-state index is 0.0377. The maximum Gasteiger partial charge on any atom is 0.329 e. The van der Waals surface area contributed by atoms with E-state index in [1.165, 1.54) is 13.2 Å². The standard InChI is InChI=1S/C22H23FN2O4/c1-4-14(2)29-19-10-9-15(12-20(19)28-3)11-18-21(26)25(22(27)24-18)13-16-7-5-6-8-17(16)23/h5-12,14H,4,13H2,1-3H3,(H,24,27). The van der Waals surface area contributed by atoms with Crippen LogP contribution in [0, 0.1) is 5.82 Å². The van der Waals surface area contributed by atoms with Gasteiger partial charge in [-0.15, -0.1) is 0 Å². The largest absolute Gasteiger partial charge is 0.493 e. The Morgan fingerprint density at radius 3 is 2.62 bits per heavy atom. The number of halogens is 1. The number of carbonyl (C=O) groups is 2. The summed E-state index contributed by atoms with van der Waals surface area (Å²) >= 11 is 0. The molecule has 1 N–H and O–H groups in total. The summed E-state index contributed by atoms with van der Waals surface area (Å²) in [7, 11) is 1.54. The third-order valence-electron chi connectivity index (χ3n) is 4.65. The quantitative estimate of drug-likeness (QED) is 0.563. The van der Waals surface area contributed by atoms with Gasteiger partial charge in [0, 0.05) is 5.56 Å². The van der Waals surface area contributed by atoms with Crippen LogP contribution in [0.2, 0.25) is 0 Å². The van der Waals surface area contributed by atoms with Crippen molar-refractivity contribution < 1.29 is 23.5 Å². The fourth-order valence-electron chi connectivity index (χ4n) is 2.85. The van der Waals surface area contributed by atoms with Crippen molar-refractivity contribution in [2.24, 2.45) is 0 Å². The Labute approximate surface area is 168 Å². The smallest absolute Gasteiger partial charge is 0.329 e. The van der Waals surface area contributed by atoms with Gasteiger partial charge in [0.15, 0.2) is 11.5 Å². The molecule has 6 nitrogen and oxygen atoms in total. The molecule has 2 aromatic rings. The maximum atomic E-state index is 13.9. The van der Waals surface area contributed by atoms with E-state index in [1.54, 1.807) is 42.5 Å². The number of rotatable bonds is 7. The Kier molecular flexibility index (Phi) is 6.16. The van der Waals surface area contributed by atoms with Crippen molar-refractivity contribution in [1.29, 1.82) is 0 Å². The van der Waals surface area contributed by atoms with E-state index < -0.39 is 17.8 Å². The van der Waals surface area contributed by atoms with Crippen LogP contribution in [-0.4, -0.2) is 30.1 Å². The normalized spacial score (nSPS) is 16.1. The molecule has 1 heterocycles. The van der Waals surface area contributed by atoms with Gasteiger partial charge in [-0.2, -0.15) is 0 Å². The summed E-state index contributed by atoms with van der Waals surface area (Å²) in [6.07, 6.45) is 2.44. The van der Waals surface area contributed by atoms with Gasteiger partial charge in [-0.25, -0.2) is 9.18 Å². The zero-order valence-corrected chi connectivity index (χ0v) is 16.6. The maximum absolute atomic E-state index is 13.9. The van der Waals surface area contributed by atoms with E-state index in [-0.39, 0.29) is 23.9 Å². The Bertz CT molecular complexity index is 958. The lowest BCUT2D eigenvalue weighted by Gasteiger charge is -2.15. The van der Waals surface area contributed by atoms with E-state index in [2.05, 4.69) is 5.32 Å². The highest BCUT2D eigenvalue weighted by Crippen LogP contribution is 2.30. The molecule has 1 aliphatic heterocycles. The predicted octanol–water partition coefficient (Wildman–Crippen LogP) is 4.10. The number of hydrogen-bond donors (Lipinski definition) is 1. The van der Waals surface area contributed by atoms with E-state index in [4.69, 9.17) is 9.47 Å². The van der Waals surface area contributed by atoms with Crippen molar-refractivity contribution in [1.82, 2.24) is 10.2 Å². The summed E-state index contributed by atoms with van der Waals surface area (Å²) < 4.78 is 25.1. The highest BCUT2D eigenvalue weighted by Gasteiger charge is 2.34. The number of nitrogens with one attached hydrogen (secondary N) is 1. The van der Waals surface area contributed by atoms with Gasteiger partial charge in [-0.1, -0.05) is 31.2 Å². The van der Waals surface area contributed by atoms with Crippen LogP contribution in [0.25, 0.3) is 6.08 Å². The second-order valence-electron chi connectivity index (χ2n) is 6.72. The average molecular weight is 398 g/mol. The van der Waals surface area contributed by atoms with Crippen molar-refractivity contribution in [3.8, 4) is 11.5 Å². The van der Waals surface area contributed by atoms with Crippen LogP contribution in [0.4, 0.5) is 9.18 Å². The van der Waals surface area contributed by atoms with Crippen molar-refractivity contribution in [3.05, 3.63) is 65.1 Å². The zero-order chi connectivity index (χ0) is 21.0. The molecule has 1 atom stereocenters. The first-order valence-electron chi connectivity index (χ1n) is 9.35. The molecular formula is C22H23FN2O4. The van der Waals surface area contributed by atoms with Gasteiger partial charge in [-0.05, 0) is 43.2 Å². The van der Waals surface area contributed by atoms with Crippen LogP contribution in [-0.2, 0) is 11.3 Å². The van der Waals surface area contributed by atoms with Crippen molar-refractivity contribution in [3.63, 3.8) is 0 Å². The van der Waals surface area contributed by atoms with Crippen LogP contribution in [0.1, 0.15) is 31.4 Å². The molecule has 1 saturated heterocycles. The van der Waals surface area contributed by atoms with E-state index in [0.717, 1.165) is 11.3 Å². The molecule has 0 radical (unpaired) electrons. The number of urea groups is 1. The highest BCUT2D eigenvalue weighted by molar-refractivity contribution is 6.13. The van der Waals surface area contributed by atoms with Crippen LogP contribution < -0.4 is 14.8 Å². The van der Waals surface area contributed by atoms with Gasteiger partial charge in [0.25, 0.3) is 5.91 Å². The Balaban J connectivity index is 1.81. The average Bonchev–Trinajstić information content (AvgIpc) is 2.97.